The largest absolute Gasteiger partial charge is 0.490 e. The Morgan fingerprint density at radius 3 is 2.17 bits per heavy atom. The summed E-state index contributed by atoms with van der Waals surface area (Å²) in [4.78, 5) is 0. The average Bonchev–Trinajstić information content (AvgIpc) is 2.40. The molecule has 0 spiro atoms. The Kier molecular flexibility index (Phi) is 4.07. The van der Waals surface area contributed by atoms with Gasteiger partial charge in [-0.15, -0.1) is 0 Å². The van der Waals surface area contributed by atoms with E-state index in [1.54, 1.807) is 0 Å². The van der Waals surface area contributed by atoms with Crippen molar-refractivity contribution in [3.05, 3.63) is 48.5 Å². The fourth-order valence-electron chi connectivity index (χ4n) is 1.56. The van der Waals surface area contributed by atoms with Gasteiger partial charge in [-0.25, -0.2) is 0 Å². The number of rotatable bonds is 5. The maximum Gasteiger partial charge on any atom is 0.169 e. The molecule has 0 heterocycles. The van der Waals surface area contributed by atoms with Gasteiger partial charge in [-0.2, -0.15) is 0 Å². The van der Waals surface area contributed by atoms with Crippen LogP contribution in [-0.4, -0.2) is 6.61 Å². The van der Waals surface area contributed by atoms with E-state index in [0.717, 1.165) is 12.2 Å². The lowest BCUT2D eigenvalue weighted by Crippen LogP contribution is -1.98. The molecule has 18 heavy (non-hydrogen) atoms. The summed E-state index contributed by atoms with van der Waals surface area (Å²) in [6.45, 7) is 2.74. The van der Waals surface area contributed by atoms with E-state index in [9.17, 15) is 0 Å². The van der Waals surface area contributed by atoms with E-state index < -0.39 is 0 Å². The van der Waals surface area contributed by atoms with Crippen LogP contribution in [0, 0.1) is 0 Å². The summed E-state index contributed by atoms with van der Waals surface area (Å²) in [7, 11) is 0. The number of para-hydroxylation sites is 4. The molecule has 0 fully saturated rings. The third-order valence-electron chi connectivity index (χ3n) is 2.45. The van der Waals surface area contributed by atoms with Crippen molar-refractivity contribution in [2.45, 2.75) is 13.3 Å². The van der Waals surface area contributed by atoms with Crippen molar-refractivity contribution in [2.24, 2.45) is 0 Å². The van der Waals surface area contributed by atoms with Gasteiger partial charge in [0, 0.05) is 0 Å². The molecule has 2 N–H and O–H groups in total. The summed E-state index contributed by atoms with van der Waals surface area (Å²) in [6.07, 6.45) is 0.960. The molecule has 0 saturated carbocycles. The van der Waals surface area contributed by atoms with Gasteiger partial charge >= 0.3 is 0 Å². The van der Waals surface area contributed by atoms with Crippen LogP contribution < -0.4 is 15.2 Å². The minimum atomic E-state index is 0.614. The number of nitrogens with two attached hydrogens (primary N) is 1. The number of hydrogen-bond donors (Lipinski definition) is 1. The Labute approximate surface area is 107 Å². The molecule has 94 valence electrons. The van der Waals surface area contributed by atoms with E-state index in [0.29, 0.717) is 23.8 Å². The van der Waals surface area contributed by atoms with Gasteiger partial charge in [0.05, 0.1) is 12.3 Å². The highest BCUT2D eigenvalue weighted by atomic mass is 16.5. The Bertz CT molecular complexity index is 511. The Morgan fingerprint density at radius 2 is 1.50 bits per heavy atom. The van der Waals surface area contributed by atoms with E-state index in [1.807, 2.05) is 48.5 Å². The van der Waals surface area contributed by atoms with Crippen molar-refractivity contribution < 1.29 is 9.47 Å². The van der Waals surface area contributed by atoms with Crippen molar-refractivity contribution >= 4 is 5.69 Å². The van der Waals surface area contributed by atoms with Crippen LogP contribution in [-0.2, 0) is 0 Å². The van der Waals surface area contributed by atoms with Crippen LogP contribution in [0.1, 0.15) is 13.3 Å². The van der Waals surface area contributed by atoms with Gasteiger partial charge < -0.3 is 15.2 Å². The predicted molar refractivity (Wildman–Crippen MR) is 73.2 cm³/mol. The van der Waals surface area contributed by atoms with Crippen LogP contribution in [0.15, 0.2) is 48.5 Å². The molecule has 0 aromatic heterocycles. The van der Waals surface area contributed by atoms with Gasteiger partial charge in [0.2, 0.25) is 0 Å². The van der Waals surface area contributed by atoms with E-state index >= 15 is 0 Å². The van der Waals surface area contributed by atoms with Crippen LogP contribution in [0.25, 0.3) is 0 Å². The van der Waals surface area contributed by atoms with Crippen LogP contribution in [0.4, 0.5) is 5.69 Å². The molecule has 0 bridgehead atoms. The summed E-state index contributed by atoms with van der Waals surface area (Å²) in [5, 5.41) is 0. The van der Waals surface area contributed by atoms with E-state index in [2.05, 4.69) is 6.92 Å². The lowest BCUT2D eigenvalue weighted by Gasteiger charge is -2.12. The van der Waals surface area contributed by atoms with Crippen molar-refractivity contribution in [3.8, 4) is 17.2 Å². The molecule has 0 aliphatic heterocycles. The zero-order valence-electron chi connectivity index (χ0n) is 10.4. The first-order valence-electron chi connectivity index (χ1n) is 6.05. The lowest BCUT2D eigenvalue weighted by molar-refractivity contribution is 0.302. The number of benzene rings is 2. The topological polar surface area (TPSA) is 44.5 Å². The molecule has 2 rings (SSSR count). The third kappa shape index (κ3) is 2.94. The molecule has 0 aliphatic carbocycles. The molecule has 0 amide bonds. The molecule has 3 heteroatoms. The molecule has 2 aromatic rings. The molecule has 0 saturated heterocycles. The molecule has 0 atom stereocenters. The summed E-state index contributed by atoms with van der Waals surface area (Å²) in [5.74, 6) is 2.07. The van der Waals surface area contributed by atoms with Crippen LogP contribution >= 0.6 is 0 Å². The van der Waals surface area contributed by atoms with E-state index in [1.165, 1.54) is 0 Å². The number of hydrogen-bond acceptors (Lipinski definition) is 3. The second-order valence-corrected chi connectivity index (χ2v) is 3.94. The molecule has 0 aliphatic rings. The molecule has 0 radical (unpaired) electrons. The first kappa shape index (κ1) is 12.3. The SMILES string of the molecule is CCCOc1ccccc1Oc1ccccc1N. The lowest BCUT2D eigenvalue weighted by atomic mass is 10.3. The number of anilines is 1. The highest BCUT2D eigenvalue weighted by Crippen LogP contribution is 2.33. The van der Waals surface area contributed by atoms with Gasteiger partial charge in [-0.1, -0.05) is 31.2 Å². The minimum absolute atomic E-state index is 0.614. The molecular formula is C15H17NO2. The monoisotopic (exact) mass is 243 g/mol. The summed E-state index contributed by atoms with van der Waals surface area (Å²) >= 11 is 0. The normalized spacial score (nSPS) is 10.1. The van der Waals surface area contributed by atoms with Gasteiger partial charge in [0.15, 0.2) is 17.2 Å². The molecule has 3 nitrogen and oxygen atoms in total. The van der Waals surface area contributed by atoms with Crippen molar-refractivity contribution in [3.63, 3.8) is 0 Å². The standard InChI is InChI=1S/C15H17NO2/c1-2-11-17-14-9-5-6-10-15(14)18-13-8-4-3-7-12(13)16/h3-10H,2,11,16H2,1H3. The van der Waals surface area contributed by atoms with E-state index in [-0.39, 0.29) is 0 Å². The average molecular weight is 243 g/mol. The summed E-state index contributed by atoms with van der Waals surface area (Å²) in [5.41, 5.74) is 6.47. The van der Waals surface area contributed by atoms with Crippen molar-refractivity contribution in [2.75, 3.05) is 12.3 Å². The highest BCUT2D eigenvalue weighted by Gasteiger charge is 2.06. The Morgan fingerprint density at radius 1 is 0.889 bits per heavy atom. The second kappa shape index (κ2) is 5.96. The first-order chi connectivity index (χ1) is 8.81. The number of ether oxygens (including phenoxy) is 2. The Hall–Kier alpha value is -2.16. The van der Waals surface area contributed by atoms with Gasteiger partial charge in [0.1, 0.15) is 0 Å². The first-order valence-corrected chi connectivity index (χ1v) is 6.05. The zero-order chi connectivity index (χ0) is 12.8. The third-order valence-corrected chi connectivity index (χ3v) is 2.45. The van der Waals surface area contributed by atoms with Crippen LogP contribution in [0.3, 0.4) is 0 Å². The highest BCUT2D eigenvalue weighted by molar-refractivity contribution is 5.55. The van der Waals surface area contributed by atoms with Crippen molar-refractivity contribution in [1.29, 1.82) is 0 Å². The van der Waals surface area contributed by atoms with Crippen molar-refractivity contribution in [1.82, 2.24) is 0 Å². The fourth-order valence-corrected chi connectivity index (χ4v) is 1.56. The van der Waals surface area contributed by atoms with Crippen LogP contribution in [0.5, 0.6) is 17.2 Å². The quantitative estimate of drug-likeness (QED) is 0.811. The predicted octanol–water partition coefficient (Wildman–Crippen LogP) is 3.85. The molecule has 0 unspecified atom stereocenters. The molecular weight excluding hydrogens is 226 g/mol. The van der Waals surface area contributed by atoms with Gasteiger partial charge in [0.25, 0.3) is 0 Å². The fraction of sp³-hybridized carbons (Fsp3) is 0.200. The maximum atomic E-state index is 5.85. The summed E-state index contributed by atoms with van der Waals surface area (Å²) < 4.78 is 11.4. The summed E-state index contributed by atoms with van der Waals surface area (Å²) in [6, 6.07) is 15.0. The van der Waals surface area contributed by atoms with Crippen LogP contribution in [0.2, 0.25) is 0 Å². The van der Waals surface area contributed by atoms with Gasteiger partial charge in [-0.05, 0) is 30.7 Å². The Balaban J connectivity index is 2.21. The van der Waals surface area contributed by atoms with E-state index in [4.69, 9.17) is 15.2 Å². The smallest absolute Gasteiger partial charge is 0.169 e. The minimum Gasteiger partial charge on any atom is -0.490 e. The van der Waals surface area contributed by atoms with Gasteiger partial charge in [-0.3, -0.25) is 0 Å². The second-order valence-electron chi connectivity index (χ2n) is 3.94. The number of nitrogen functional groups attached to an aromatic ring is 1. The zero-order valence-corrected chi connectivity index (χ0v) is 10.4. The maximum absolute atomic E-state index is 5.85. The molecule has 2 aromatic carbocycles.